The molecule has 3 N–H and O–H groups in total. The standard InChI is InChI=1S/C18H16N4O2/c1-11(17-19-10-16(24-17)12-5-3-2-4-6-12)20-13-7-8-14-15(9-13)22-18(23)21-14/h2-11,20H,1H3,(H2,21,22,23)/t11-/m1/s1. The van der Waals surface area contributed by atoms with Crippen molar-refractivity contribution in [2.24, 2.45) is 0 Å². The number of hydrogen-bond acceptors (Lipinski definition) is 4. The minimum atomic E-state index is -0.213. The molecule has 120 valence electrons. The number of anilines is 1. The summed E-state index contributed by atoms with van der Waals surface area (Å²) in [4.78, 5) is 21.2. The lowest BCUT2D eigenvalue weighted by atomic mass is 10.2. The molecule has 0 unspecified atom stereocenters. The zero-order valence-electron chi connectivity index (χ0n) is 13.0. The summed E-state index contributed by atoms with van der Waals surface area (Å²) in [7, 11) is 0. The lowest BCUT2D eigenvalue weighted by Crippen LogP contribution is -2.06. The number of fused-ring (bicyclic) bond motifs is 1. The summed E-state index contributed by atoms with van der Waals surface area (Å²) < 4.78 is 5.86. The predicted octanol–water partition coefficient (Wildman–Crippen LogP) is 3.68. The van der Waals surface area contributed by atoms with E-state index in [4.69, 9.17) is 4.42 Å². The number of oxazole rings is 1. The molecule has 2 aromatic carbocycles. The Bertz CT molecular complexity index is 1030. The van der Waals surface area contributed by atoms with Crippen molar-refractivity contribution in [3.05, 3.63) is 71.1 Å². The molecule has 0 bridgehead atoms. The number of imidazole rings is 1. The summed E-state index contributed by atoms with van der Waals surface area (Å²) >= 11 is 0. The number of hydrogen-bond donors (Lipinski definition) is 3. The second-order valence-corrected chi connectivity index (χ2v) is 5.63. The summed E-state index contributed by atoms with van der Waals surface area (Å²) in [5.74, 6) is 1.35. The lowest BCUT2D eigenvalue weighted by Gasteiger charge is -2.11. The molecule has 2 aromatic heterocycles. The van der Waals surface area contributed by atoms with E-state index in [-0.39, 0.29) is 11.7 Å². The van der Waals surface area contributed by atoms with Gasteiger partial charge in [-0.2, -0.15) is 0 Å². The Labute approximate surface area is 137 Å². The molecule has 4 rings (SSSR count). The average Bonchev–Trinajstić information content (AvgIpc) is 3.21. The molecule has 2 heterocycles. The van der Waals surface area contributed by atoms with Crippen LogP contribution < -0.4 is 11.0 Å². The van der Waals surface area contributed by atoms with Crippen LogP contribution >= 0.6 is 0 Å². The van der Waals surface area contributed by atoms with E-state index in [9.17, 15) is 4.79 Å². The molecule has 0 aliphatic heterocycles. The molecule has 0 amide bonds. The molecule has 6 nitrogen and oxygen atoms in total. The van der Waals surface area contributed by atoms with E-state index >= 15 is 0 Å². The number of aromatic nitrogens is 3. The van der Waals surface area contributed by atoms with Crippen LogP contribution in [0.1, 0.15) is 18.9 Å². The largest absolute Gasteiger partial charge is 0.438 e. The highest BCUT2D eigenvalue weighted by Crippen LogP contribution is 2.25. The normalized spacial score (nSPS) is 12.4. The summed E-state index contributed by atoms with van der Waals surface area (Å²) in [5, 5.41) is 3.33. The first-order chi connectivity index (χ1) is 11.7. The first-order valence-electron chi connectivity index (χ1n) is 7.69. The van der Waals surface area contributed by atoms with Gasteiger partial charge in [0.1, 0.15) is 6.04 Å². The summed E-state index contributed by atoms with van der Waals surface area (Å²) in [6.45, 7) is 1.98. The molecule has 0 saturated carbocycles. The Morgan fingerprint density at radius 3 is 2.71 bits per heavy atom. The van der Waals surface area contributed by atoms with Gasteiger partial charge in [-0.25, -0.2) is 9.78 Å². The third-order valence-corrected chi connectivity index (χ3v) is 3.85. The first-order valence-corrected chi connectivity index (χ1v) is 7.69. The fourth-order valence-corrected chi connectivity index (χ4v) is 2.66. The quantitative estimate of drug-likeness (QED) is 0.535. The molecule has 0 radical (unpaired) electrons. The highest BCUT2D eigenvalue weighted by atomic mass is 16.4. The van der Waals surface area contributed by atoms with Gasteiger partial charge in [0.15, 0.2) is 5.76 Å². The van der Waals surface area contributed by atoms with Crippen LogP contribution in [-0.2, 0) is 0 Å². The van der Waals surface area contributed by atoms with Crippen molar-refractivity contribution in [3.8, 4) is 11.3 Å². The minimum absolute atomic E-state index is 0.106. The number of nitrogens with zero attached hydrogens (tertiary/aromatic N) is 1. The Kier molecular flexibility index (Phi) is 3.42. The van der Waals surface area contributed by atoms with Gasteiger partial charge < -0.3 is 19.7 Å². The maximum Gasteiger partial charge on any atom is 0.323 e. The predicted molar refractivity (Wildman–Crippen MR) is 92.9 cm³/mol. The molecule has 0 aliphatic rings. The molecular formula is C18H16N4O2. The van der Waals surface area contributed by atoms with Crippen molar-refractivity contribution in [3.63, 3.8) is 0 Å². The number of nitrogens with one attached hydrogen (secondary N) is 3. The van der Waals surface area contributed by atoms with Crippen LogP contribution in [0.3, 0.4) is 0 Å². The molecule has 0 aliphatic carbocycles. The Morgan fingerprint density at radius 1 is 1.08 bits per heavy atom. The number of benzene rings is 2. The summed E-state index contributed by atoms with van der Waals surface area (Å²) in [5.41, 5.74) is 3.20. The van der Waals surface area contributed by atoms with Gasteiger partial charge in [0, 0.05) is 11.3 Å². The second kappa shape index (κ2) is 5.73. The van der Waals surface area contributed by atoms with E-state index in [0.29, 0.717) is 5.89 Å². The van der Waals surface area contributed by atoms with Crippen LogP contribution in [0.5, 0.6) is 0 Å². The third kappa shape index (κ3) is 2.69. The highest BCUT2D eigenvalue weighted by molar-refractivity contribution is 5.78. The Balaban J connectivity index is 1.56. The fourth-order valence-electron chi connectivity index (χ4n) is 2.66. The Morgan fingerprint density at radius 2 is 1.88 bits per heavy atom. The number of aromatic amines is 2. The molecule has 24 heavy (non-hydrogen) atoms. The summed E-state index contributed by atoms with van der Waals surface area (Å²) in [6.07, 6.45) is 1.73. The van der Waals surface area contributed by atoms with E-state index < -0.39 is 0 Å². The van der Waals surface area contributed by atoms with Crippen molar-refractivity contribution in [2.45, 2.75) is 13.0 Å². The van der Waals surface area contributed by atoms with Gasteiger partial charge in [0.2, 0.25) is 5.89 Å². The molecule has 0 fully saturated rings. The first kappa shape index (κ1) is 14.3. The number of H-pyrrole nitrogens is 2. The van der Waals surface area contributed by atoms with Gasteiger partial charge in [-0.1, -0.05) is 30.3 Å². The number of rotatable bonds is 4. The SMILES string of the molecule is C[C@@H](Nc1ccc2[nH]c(=O)[nH]c2c1)c1ncc(-c2ccccc2)o1. The van der Waals surface area contributed by atoms with Gasteiger partial charge in [0.25, 0.3) is 0 Å². The van der Waals surface area contributed by atoms with Crippen molar-refractivity contribution < 1.29 is 4.42 Å². The van der Waals surface area contributed by atoms with Crippen LogP contribution in [0.25, 0.3) is 22.4 Å². The van der Waals surface area contributed by atoms with Crippen LogP contribution in [0.15, 0.2) is 63.9 Å². The highest BCUT2D eigenvalue weighted by Gasteiger charge is 2.13. The molecule has 4 aromatic rings. The Hall–Kier alpha value is -3.28. The van der Waals surface area contributed by atoms with Crippen molar-refractivity contribution >= 4 is 16.7 Å². The van der Waals surface area contributed by atoms with E-state index in [1.807, 2.05) is 55.5 Å². The molecule has 1 atom stereocenters. The molecule has 6 heteroatoms. The van der Waals surface area contributed by atoms with E-state index in [1.165, 1.54) is 0 Å². The third-order valence-electron chi connectivity index (χ3n) is 3.85. The van der Waals surface area contributed by atoms with Gasteiger partial charge in [0.05, 0.1) is 17.2 Å². The smallest absolute Gasteiger partial charge is 0.323 e. The fraction of sp³-hybridized carbons (Fsp3) is 0.111. The summed E-state index contributed by atoms with van der Waals surface area (Å²) in [6, 6.07) is 15.4. The molecule has 0 spiro atoms. The van der Waals surface area contributed by atoms with Crippen molar-refractivity contribution in [1.82, 2.24) is 15.0 Å². The van der Waals surface area contributed by atoms with Gasteiger partial charge in [-0.05, 0) is 25.1 Å². The second-order valence-electron chi connectivity index (χ2n) is 5.63. The van der Waals surface area contributed by atoms with Crippen LogP contribution in [0.2, 0.25) is 0 Å². The van der Waals surface area contributed by atoms with Crippen LogP contribution in [-0.4, -0.2) is 15.0 Å². The molecular weight excluding hydrogens is 304 g/mol. The van der Waals surface area contributed by atoms with Gasteiger partial charge in [-0.3, -0.25) is 0 Å². The van der Waals surface area contributed by atoms with Crippen molar-refractivity contribution in [2.75, 3.05) is 5.32 Å². The lowest BCUT2D eigenvalue weighted by molar-refractivity contribution is 0.485. The molecule has 0 saturated heterocycles. The monoisotopic (exact) mass is 320 g/mol. The van der Waals surface area contributed by atoms with Gasteiger partial charge in [-0.15, -0.1) is 0 Å². The maximum atomic E-state index is 11.3. The zero-order chi connectivity index (χ0) is 16.5. The van der Waals surface area contributed by atoms with E-state index in [0.717, 1.165) is 28.0 Å². The maximum absolute atomic E-state index is 11.3. The van der Waals surface area contributed by atoms with Gasteiger partial charge >= 0.3 is 5.69 Å². The topological polar surface area (TPSA) is 86.7 Å². The van der Waals surface area contributed by atoms with E-state index in [1.54, 1.807) is 6.20 Å². The van der Waals surface area contributed by atoms with Crippen LogP contribution in [0, 0.1) is 0 Å². The van der Waals surface area contributed by atoms with Crippen LogP contribution in [0.4, 0.5) is 5.69 Å². The average molecular weight is 320 g/mol. The van der Waals surface area contributed by atoms with Crippen molar-refractivity contribution in [1.29, 1.82) is 0 Å². The minimum Gasteiger partial charge on any atom is -0.438 e. The van der Waals surface area contributed by atoms with E-state index in [2.05, 4.69) is 20.3 Å². The zero-order valence-corrected chi connectivity index (χ0v) is 13.0.